The van der Waals surface area contributed by atoms with Gasteiger partial charge in [-0.15, -0.1) is 0 Å². The third-order valence-corrected chi connectivity index (χ3v) is 3.15. The van der Waals surface area contributed by atoms with Gasteiger partial charge in [-0.2, -0.15) is 5.26 Å². The molecule has 2 nitrogen and oxygen atoms in total. The standard InChI is InChI=1S/C14H16ClNO/c1-3-10(2)8-14(17)13(9-16)11-4-6-12(15)7-5-11/h4-7,10,13H,3,8H2,1-2H3. The molecule has 1 aromatic rings. The zero-order valence-corrected chi connectivity index (χ0v) is 10.9. The van der Waals surface area contributed by atoms with Gasteiger partial charge in [-0.1, -0.05) is 44.0 Å². The monoisotopic (exact) mass is 249 g/mol. The maximum atomic E-state index is 12.0. The highest BCUT2D eigenvalue weighted by atomic mass is 35.5. The van der Waals surface area contributed by atoms with Gasteiger partial charge >= 0.3 is 0 Å². The minimum Gasteiger partial charge on any atom is -0.298 e. The van der Waals surface area contributed by atoms with Crippen LogP contribution in [0.25, 0.3) is 0 Å². The highest BCUT2D eigenvalue weighted by molar-refractivity contribution is 6.30. The normalized spacial score (nSPS) is 13.8. The van der Waals surface area contributed by atoms with E-state index < -0.39 is 5.92 Å². The Kier molecular flexibility index (Phi) is 5.18. The van der Waals surface area contributed by atoms with Crippen molar-refractivity contribution in [2.75, 3.05) is 0 Å². The van der Waals surface area contributed by atoms with E-state index in [1.807, 2.05) is 13.8 Å². The van der Waals surface area contributed by atoms with E-state index in [0.717, 1.165) is 12.0 Å². The lowest BCUT2D eigenvalue weighted by Crippen LogP contribution is -2.13. The van der Waals surface area contributed by atoms with Gasteiger partial charge in [0.2, 0.25) is 0 Å². The van der Waals surface area contributed by atoms with E-state index in [-0.39, 0.29) is 5.78 Å². The molecule has 2 atom stereocenters. The maximum absolute atomic E-state index is 12.0. The van der Waals surface area contributed by atoms with Crippen LogP contribution in [0.15, 0.2) is 24.3 Å². The maximum Gasteiger partial charge on any atom is 0.154 e. The number of carbonyl (C=O) groups is 1. The summed E-state index contributed by atoms with van der Waals surface area (Å²) in [6.45, 7) is 4.07. The second kappa shape index (κ2) is 6.42. The average Bonchev–Trinajstić information content (AvgIpc) is 2.32. The molecule has 0 amide bonds. The molecule has 0 saturated carbocycles. The van der Waals surface area contributed by atoms with Crippen molar-refractivity contribution in [1.29, 1.82) is 5.26 Å². The van der Waals surface area contributed by atoms with Gasteiger partial charge in [0.1, 0.15) is 5.92 Å². The Balaban J connectivity index is 2.82. The van der Waals surface area contributed by atoms with E-state index in [2.05, 4.69) is 6.07 Å². The molecular weight excluding hydrogens is 234 g/mol. The Labute approximate surface area is 107 Å². The molecule has 0 heterocycles. The van der Waals surface area contributed by atoms with Crippen LogP contribution in [0.1, 0.15) is 38.2 Å². The Morgan fingerprint density at radius 1 is 1.41 bits per heavy atom. The van der Waals surface area contributed by atoms with Gasteiger partial charge in [0.15, 0.2) is 5.78 Å². The minimum absolute atomic E-state index is 0.0100. The summed E-state index contributed by atoms with van der Waals surface area (Å²) in [5.74, 6) is -0.351. The number of hydrogen-bond donors (Lipinski definition) is 0. The van der Waals surface area contributed by atoms with Crippen molar-refractivity contribution < 1.29 is 4.79 Å². The van der Waals surface area contributed by atoms with Crippen molar-refractivity contribution in [1.82, 2.24) is 0 Å². The highest BCUT2D eigenvalue weighted by Gasteiger charge is 2.21. The van der Waals surface area contributed by atoms with Crippen LogP contribution in [0.2, 0.25) is 5.02 Å². The molecule has 3 heteroatoms. The van der Waals surface area contributed by atoms with E-state index in [4.69, 9.17) is 16.9 Å². The lowest BCUT2D eigenvalue weighted by molar-refractivity contribution is -0.120. The lowest BCUT2D eigenvalue weighted by Gasteiger charge is -2.11. The zero-order valence-electron chi connectivity index (χ0n) is 10.1. The number of nitriles is 1. The second-order valence-corrected chi connectivity index (χ2v) is 4.73. The largest absolute Gasteiger partial charge is 0.298 e. The first kappa shape index (κ1) is 13.7. The van der Waals surface area contributed by atoms with Crippen LogP contribution in [-0.4, -0.2) is 5.78 Å². The predicted octanol–water partition coefficient (Wildman–Crippen LogP) is 3.95. The van der Waals surface area contributed by atoms with Crippen molar-refractivity contribution >= 4 is 17.4 Å². The number of halogens is 1. The fourth-order valence-corrected chi connectivity index (χ4v) is 1.72. The Morgan fingerprint density at radius 2 is 2.00 bits per heavy atom. The van der Waals surface area contributed by atoms with E-state index in [9.17, 15) is 4.79 Å². The summed E-state index contributed by atoms with van der Waals surface area (Å²) in [5.41, 5.74) is 0.727. The van der Waals surface area contributed by atoms with Crippen molar-refractivity contribution in [2.24, 2.45) is 5.92 Å². The quantitative estimate of drug-likeness (QED) is 0.793. The summed E-state index contributed by atoms with van der Waals surface area (Å²) in [5, 5.41) is 9.71. The molecule has 0 N–H and O–H groups in total. The van der Waals surface area contributed by atoms with E-state index >= 15 is 0 Å². The van der Waals surface area contributed by atoms with Crippen LogP contribution in [0.4, 0.5) is 0 Å². The summed E-state index contributed by atoms with van der Waals surface area (Å²) in [4.78, 5) is 12.0. The fraction of sp³-hybridized carbons (Fsp3) is 0.429. The number of rotatable bonds is 5. The third-order valence-electron chi connectivity index (χ3n) is 2.90. The van der Waals surface area contributed by atoms with Crippen LogP contribution in [0.5, 0.6) is 0 Å². The first-order valence-electron chi connectivity index (χ1n) is 5.76. The number of Topliss-reactive ketones (excluding diaryl/α,β-unsaturated/α-hetero) is 1. The van der Waals surface area contributed by atoms with Gasteiger partial charge in [0.05, 0.1) is 6.07 Å². The molecule has 17 heavy (non-hydrogen) atoms. The number of ketones is 1. The van der Waals surface area contributed by atoms with Crippen molar-refractivity contribution in [3.05, 3.63) is 34.9 Å². The molecule has 0 spiro atoms. The summed E-state index contributed by atoms with van der Waals surface area (Å²) in [7, 11) is 0. The molecule has 0 bridgehead atoms. The van der Waals surface area contributed by atoms with Crippen molar-refractivity contribution in [2.45, 2.75) is 32.6 Å². The van der Waals surface area contributed by atoms with Crippen molar-refractivity contribution in [3.63, 3.8) is 0 Å². The van der Waals surface area contributed by atoms with Crippen LogP contribution < -0.4 is 0 Å². The van der Waals surface area contributed by atoms with Gasteiger partial charge in [-0.05, 0) is 23.6 Å². The molecule has 0 radical (unpaired) electrons. The lowest BCUT2D eigenvalue weighted by atomic mass is 9.90. The molecule has 0 fully saturated rings. The summed E-state index contributed by atoms with van der Waals surface area (Å²) >= 11 is 5.78. The van der Waals surface area contributed by atoms with E-state index in [1.165, 1.54) is 0 Å². The molecule has 0 aliphatic heterocycles. The smallest absolute Gasteiger partial charge is 0.154 e. The first-order chi connectivity index (χ1) is 8.08. The van der Waals surface area contributed by atoms with Crippen LogP contribution in [0, 0.1) is 17.2 Å². The molecule has 2 unspecified atom stereocenters. The van der Waals surface area contributed by atoms with Crippen LogP contribution in [0.3, 0.4) is 0 Å². The first-order valence-corrected chi connectivity index (χ1v) is 6.14. The number of benzene rings is 1. The third kappa shape index (κ3) is 3.87. The van der Waals surface area contributed by atoms with E-state index in [0.29, 0.717) is 17.4 Å². The highest BCUT2D eigenvalue weighted by Crippen LogP contribution is 2.22. The van der Waals surface area contributed by atoms with Gasteiger partial charge < -0.3 is 0 Å². The SMILES string of the molecule is CCC(C)CC(=O)C(C#N)c1ccc(Cl)cc1. The average molecular weight is 250 g/mol. The van der Waals surface area contributed by atoms with Gasteiger partial charge in [-0.3, -0.25) is 4.79 Å². The zero-order chi connectivity index (χ0) is 12.8. The Bertz CT molecular complexity index is 419. The second-order valence-electron chi connectivity index (χ2n) is 4.30. The fourth-order valence-electron chi connectivity index (χ4n) is 1.59. The molecule has 1 rings (SSSR count). The predicted molar refractivity (Wildman–Crippen MR) is 68.9 cm³/mol. The summed E-state index contributed by atoms with van der Waals surface area (Å²) in [6.07, 6.45) is 1.40. The van der Waals surface area contributed by atoms with Crippen molar-refractivity contribution in [3.8, 4) is 6.07 Å². The van der Waals surface area contributed by atoms with Gasteiger partial charge in [0, 0.05) is 11.4 Å². The van der Waals surface area contributed by atoms with Crippen LogP contribution >= 0.6 is 11.6 Å². The topological polar surface area (TPSA) is 40.9 Å². The minimum atomic E-state index is -0.665. The molecule has 0 aliphatic rings. The molecule has 90 valence electrons. The number of hydrogen-bond acceptors (Lipinski definition) is 2. The van der Waals surface area contributed by atoms with E-state index in [1.54, 1.807) is 24.3 Å². The molecule has 0 aliphatic carbocycles. The molecular formula is C14H16ClNO. The molecule has 1 aromatic carbocycles. The Hall–Kier alpha value is -1.33. The van der Waals surface area contributed by atoms with Gasteiger partial charge in [-0.25, -0.2) is 0 Å². The molecule has 0 aromatic heterocycles. The van der Waals surface area contributed by atoms with Gasteiger partial charge in [0.25, 0.3) is 0 Å². The van der Waals surface area contributed by atoms with Crippen LogP contribution in [-0.2, 0) is 4.79 Å². The summed E-state index contributed by atoms with van der Waals surface area (Å²) < 4.78 is 0. The number of carbonyl (C=O) groups excluding carboxylic acids is 1. The molecule has 0 saturated heterocycles. The summed E-state index contributed by atoms with van der Waals surface area (Å²) in [6, 6.07) is 8.97. The Morgan fingerprint density at radius 3 is 2.47 bits per heavy atom. The number of nitrogens with zero attached hydrogens (tertiary/aromatic N) is 1.